The molecule has 6 heteroatoms. The number of ketones is 1. The van der Waals surface area contributed by atoms with Gasteiger partial charge in [-0.05, 0) is 99.9 Å². The highest BCUT2D eigenvalue weighted by Gasteiger charge is 2.57. The molecule has 1 amide bonds. The fraction of sp³-hybridized carbons (Fsp3) is 0.763. The molecular weight excluding hydrogens is 550 g/mol. The Kier molecular flexibility index (Phi) is 12.5. The summed E-state index contributed by atoms with van der Waals surface area (Å²) in [5.74, 6) is 1.73. The van der Waals surface area contributed by atoms with Crippen LogP contribution in [0.15, 0.2) is 35.5 Å². The van der Waals surface area contributed by atoms with Crippen LogP contribution in [0.1, 0.15) is 139 Å². The van der Waals surface area contributed by atoms with Gasteiger partial charge in [0.25, 0.3) is 0 Å². The Morgan fingerprint density at radius 2 is 1.75 bits per heavy atom. The van der Waals surface area contributed by atoms with Gasteiger partial charge in [-0.2, -0.15) is 0 Å². The fourth-order valence-corrected chi connectivity index (χ4v) is 8.13. The Bertz CT molecular complexity index is 1110. The van der Waals surface area contributed by atoms with Gasteiger partial charge in [-0.15, -0.1) is 0 Å². The maximum absolute atomic E-state index is 12.6. The average Bonchev–Trinajstić information content (AvgIpc) is 3.21. The number of allylic oxidation sites excluding steroid dienone is 4. The van der Waals surface area contributed by atoms with Crippen LogP contribution in [-0.4, -0.2) is 36.1 Å². The Hall–Kier alpha value is -2.37. The van der Waals surface area contributed by atoms with Gasteiger partial charge in [0.2, 0.25) is 0 Å². The number of alkyl carbamates (subject to hydrolysis) is 1. The lowest BCUT2D eigenvalue weighted by molar-refractivity contribution is -0.150. The van der Waals surface area contributed by atoms with Gasteiger partial charge in [0.05, 0.1) is 13.0 Å². The molecule has 3 aliphatic carbocycles. The molecule has 0 heterocycles. The first-order chi connectivity index (χ1) is 20.5. The van der Waals surface area contributed by atoms with Crippen LogP contribution in [0.25, 0.3) is 0 Å². The minimum absolute atomic E-state index is 0.00335. The normalized spacial score (nSPS) is 29.9. The Morgan fingerprint density at radius 3 is 2.43 bits per heavy atom. The molecule has 0 bridgehead atoms. The van der Waals surface area contributed by atoms with Crippen LogP contribution in [0.5, 0.6) is 0 Å². The summed E-state index contributed by atoms with van der Waals surface area (Å²) in [6, 6.07) is 0. The molecule has 0 radical (unpaired) electrons. The maximum Gasteiger partial charge on any atom is 0.408 e. The predicted molar refractivity (Wildman–Crippen MR) is 178 cm³/mol. The SMILES string of the molecule is C=C1CC[C@H](OC(=O)CCC(=O)CNC(=O)OC(C)(C)C)C/C1=C/C=C1\CCC[C@]2(C)[C@@H]([C@H](C)CCCC(C)C)CC[C@@]12C. The topological polar surface area (TPSA) is 81.7 Å². The van der Waals surface area contributed by atoms with Gasteiger partial charge in [-0.3, -0.25) is 9.59 Å². The van der Waals surface area contributed by atoms with Crippen LogP contribution in [0.2, 0.25) is 0 Å². The minimum atomic E-state index is -0.642. The number of carbonyl (C=O) groups is 3. The van der Waals surface area contributed by atoms with Gasteiger partial charge in [-0.1, -0.05) is 83.8 Å². The molecule has 3 saturated carbocycles. The quantitative estimate of drug-likeness (QED) is 0.222. The number of carbonyl (C=O) groups excluding carboxylic acids is 3. The van der Waals surface area contributed by atoms with E-state index in [9.17, 15) is 14.4 Å². The summed E-state index contributed by atoms with van der Waals surface area (Å²) in [6.07, 6.45) is 16.4. The van der Waals surface area contributed by atoms with E-state index in [0.717, 1.165) is 42.6 Å². The number of fused-ring (bicyclic) bond motifs is 1. The van der Waals surface area contributed by atoms with Crippen molar-refractivity contribution < 1.29 is 23.9 Å². The second-order valence-electron chi connectivity index (χ2n) is 15.8. The highest BCUT2D eigenvalue weighted by molar-refractivity contribution is 5.86. The van der Waals surface area contributed by atoms with Gasteiger partial charge < -0.3 is 14.8 Å². The molecule has 0 aromatic rings. The molecule has 1 N–H and O–H groups in total. The van der Waals surface area contributed by atoms with Crippen molar-refractivity contribution in [3.05, 3.63) is 35.5 Å². The van der Waals surface area contributed by atoms with Crippen LogP contribution in [-0.2, 0) is 19.1 Å². The molecule has 0 aromatic carbocycles. The van der Waals surface area contributed by atoms with Crippen molar-refractivity contribution >= 4 is 17.8 Å². The first kappa shape index (κ1) is 36.1. The van der Waals surface area contributed by atoms with E-state index >= 15 is 0 Å². The average molecular weight is 612 g/mol. The first-order valence-electron chi connectivity index (χ1n) is 17.3. The highest BCUT2D eigenvalue weighted by Crippen LogP contribution is 2.67. The number of amides is 1. The van der Waals surface area contributed by atoms with E-state index in [4.69, 9.17) is 9.47 Å². The molecule has 5 atom stereocenters. The second-order valence-corrected chi connectivity index (χ2v) is 15.8. The van der Waals surface area contributed by atoms with E-state index in [1.54, 1.807) is 26.3 Å². The molecule has 0 unspecified atom stereocenters. The fourth-order valence-electron chi connectivity index (χ4n) is 8.13. The molecule has 0 saturated heterocycles. The van der Waals surface area contributed by atoms with E-state index in [-0.39, 0.29) is 42.7 Å². The number of rotatable bonds is 12. The van der Waals surface area contributed by atoms with Crippen molar-refractivity contribution in [3.63, 3.8) is 0 Å². The molecule has 6 nitrogen and oxygen atoms in total. The van der Waals surface area contributed by atoms with Gasteiger partial charge in [0.1, 0.15) is 11.7 Å². The molecule has 0 aromatic heterocycles. The summed E-state index contributed by atoms with van der Waals surface area (Å²) >= 11 is 0. The Balaban J connectivity index is 1.56. The zero-order valence-electron chi connectivity index (χ0n) is 29.1. The molecule has 0 spiro atoms. The van der Waals surface area contributed by atoms with E-state index in [1.807, 2.05) is 0 Å². The first-order valence-corrected chi connectivity index (χ1v) is 17.3. The minimum Gasteiger partial charge on any atom is -0.462 e. The summed E-state index contributed by atoms with van der Waals surface area (Å²) in [4.78, 5) is 36.5. The lowest BCUT2D eigenvalue weighted by Gasteiger charge is -2.51. The van der Waals surface area contributed by atoms with E-state index < -0.39 is 11.7 Å². The third-order valence-electron chi connectivity index (χ3n) is 10.9. The van der Waals surface area contributed by atoms with Crippen molar-refractivity contribution in [3.8, 4) is 0 Å². The Morgan fingerprint density at radius 1 is 1.02 bits per heavy atom. The molecule has 3 fully saturated rings. The molecule has 3 aliphatic rings. The number of nitrogens with one attached hydrogen (secondary N) is 1. The lowest BCUT2D eigenvalue weighted by Crippen LogP contribution is -2.43. The number of esters is 1. The highest BCUT2D eigenvalue weighted by atomic mass is 16.6. The van der Waals surface area contributed by atoms with Gasteiger partial charge in [0.15, 0.2) is 5.78 Å². The summed E-state index contributed by atoms with van der Waals surface area (Å²) in [6.45, 7) is 21.7. The summed E-state index contributed by atoms with van der Waals surface area (Å²) in [5.41, 5.74) is 3.82. The zero-order valence-corrected chi connectivity index (χ0v) is 29.1. The molecule has 3 rings (SSSR count). The van der Waals surface area contributed by atoms with E-state index in [2.05, 4.69) is 58.7 Å². The van der Waals surface area contributed by atoms with Crippen LogP contribution < -0.4 is 5.32 Å². The monoisotopic (exact) mass is 611 g/mol. The summed E-state index contributed by atoms with van der Waals surface area (Å²) < 4.78 is 10.9. The van der Waals surface area contributed by atoms with Crippen molar-refractivity contribution in [2.24, 2.45) is 28.6 Å². The second kappa shape index (κ2) is 15.3. The Labute approximate surface area is 267 Å². The largest absolute Gasteiger partial charge is 0.462 e. The molecule has 44 heavy (non-hydrogen) atoms. The summed E-state index contributed by atoms with van der Waals surface area (Å²) in [7, 11) is 0. The van der Waals surface area contributed by atoms with Crippen molar-refractivity contribution in [1.29, 1.82) is 0 Å². The summed E-state index contributed by atoms with van der Waals surface area (Å²) in [5, 5.41) is 2.45. The van der Waals surface area contributed by atoms with Crippen molar-refractivity contribution in [2.45, 2.75) is 151 Å². The van der Waals surface area contributed by atoms with Crippen molar-refractivity contribution in [2.75, 3.05) is 6.54 Å². The third kappa shape index (κ3) is 9.57. The van der Waals surface area contributed by atoms with Crippen LogP contribution in [0.4, 0.5) is 4.79 Å². The predicted octanol–water partition coefficient (Wildman–Crippen LogP) is 9.43. The number of ether oxygens (including phenoxy) is 2. The zero-order chi connectivity index (χ0) is 32.7. The number of hydrogen-bond acceptors (Lipinski definition) is 5. The van der Waals surface area contributed by atoms with E-state index in [1.165, 1.54) is 50.5 Å². The number of hydrogen-bond donors (Lipinski definition) is 1. The maximum atomic E-state index is 12.6. The lowest BCUT2D eigenvalue weighted by atomic mass is 9.53. The van der Waals surface area contributed by atoms with E-state index in [0.29, 0.717) is 11.8 Å². The van der Waals surface area contributed by atoms with Gasteiger partial charge in [0, 0.05) is 12.8 Å². The van der Waals surface area contributed by atoms with Crippen LogP contribution >= 0.6 is 0 Å². The molecule has 0 aliphatic heterocycles. The van der Waals surface area contributed by atoms with Gasteiger partial charge >= 0.3 is 12.1 Å². The van der Waals surface area contributed by atoms with Crippen LogP contribution in [0, 0.1) is 28.6 Å². The standard InChI is InChI=1S/C38H61NO5/c1-26(2)12-10-13-28(4)33-21-23-37(8)30(14-11-22-38(33,37)9)17-16-29-24-32(19-15-27(29)3)43-34(41)20-18-31(40)25-39-35(42)44-36(5,6)7/h16-17,26,28,32-33H,3,10-15,18-25H2,1-2,4-9H3,(H,39,42)/b29-16-,30-17+/t28-,32+,33-,37+,38-/m1/s1. The van der Waals surface area contributed by atoms with Gasteiger partial charge in [-0.25, -0.2) is 4.79 Å². The van der Waals surface area contributed by atoms with Crippen LogP contribution in [0.3, 0.4) is 0 Å². The molecular formula is C38H61NO5. The third-order valence-corrected chi connectivity index (χ3v) is 10.9. The van der Waals surface area contributed by atoms with Crippen molar-refractivity contribution in [1.82, 2.24) is 5.32 Å². The smallest absolute Gasteiger partial charge is 0.408 e. The number of Topliss-reactive ketones (excluding diaryl/α,β-unsaturated/α-hetero) is 1. The molecule has 248 valence electrons.